The van der Waals surface area contributed by atoms with Gasteiger partial charge in [-0.1, -0.05) is 0 Å². The highest BCUT2D eigenvalue weighted by molar-refractivity contribution is 6.32. The second kappa shape index (κ2) is 4.58. The van der Waals surface area contributed by atoms with Crippen molar-refractivity contribution < 1.29 is 29.7 Å². The third kappa shape index (κ3) is 3.79. The Balaban J connectivity index is 3.77. The highest BCUT2D eigenvalue weighted by Gasteiger charge is 2.16. The van der Waals surface area contributed by atoms with Crippen molar-refractivity contribution in [3.63, 3.8) is 0 Å². The van der Waals surface area contributed by atoms with Crippen molar-refractivity contribution in [2.45, 2.75) is 19.1 Å². The lowest BCUT2D eigenvalue weighted by Gasteiger charge is -1.99. The molecule has 68 valence electrons. The Labute approximate surface area is 67.4 Å². The summed E-state index contributed by atoms with van der Waals surface area (Å²) in [6.07, 6.45) is -3.11. The minimum absolute atomic E-state index is 0.469. The second-order valence-electron chi connectivity index (χ2n) is 2.07. The van der Waals surface area contributed by atoms with Crippen LogP contribution < -0.4 is 0 Å². The van der Waals surface area contributed by atoms with Crippen LogP contribution in [0.3, 0.4) is 0 Å². The first-order valence-electron chi connectivity index (χ1n) is 3.10. The van der Waals surface area contributed by atoms with E-state index in [1.807, 2.05) is 0 Å². The molecule has 0 spiro atoms. The topological polar surface area (TPSA) is 112 Å². The molecule has 0 heterocycles. The van der Waals surface area contributed by atoms with Crippen LogP contribution in [-0.4, -0.2) is 39.1 Å². The summed E-state index contributed by atoms with van der Waals surface area (Å²) in [5, 5.41) is 24.5. The number of aliphatic hydroxyl groups is 2. The van der Waals surface area contributed by atoms with Gasteiger partial charge in [0.05, 0.1) is 0 Å². The van der Waals surface area contributed by atoms with Gasteiger partial charge in [-0.05, 0) is 0 Å². The predicted octanol–water partition coefficient (Wildman–Crippen LogP) is -1.70. The number of hydrogen-bond donors (Lipinski definition) is 3. The van der Waals surface area contributed by atoms with Gasteiger partial charge in [0.15, 0.2) is 5.78 Å². The molecule has 0 aliphatic heterocycles. The van der Waals surface area contributed by atoms with Gasteiger partial charge in [0, 0.05) is 12.8 Å². The van der Waals surface area contributed by atoms with Crippen LogP contribution in [0.25, 0.3) is 0 Å². The highest BCUT2D eigenvalue weighted by atomic mass is 16.5. The third-order valence-electron chi connectivity index (χ3n) is 1.12. The largest absolute Gasteiger partial charge is 0.476 e. The molecule has 0 fully saturated rings. The molecule has 12 heavy (non-hydrogen) atoms. The zero-order chi connectivity index (χ0) is 9.72. The van der Waals surface area contributed by atoms with Crippen LogP contribution in [0.1, 0.15) is 12.8 Å². The Hall–Kier alpha value is -1.27. The van der Waals surface area contributed by atoms with Gasteiger partial charge >= 0.3 is 5.97 Å². The molecule has 0 aliphatic carbocycles. The van der Waals surface area contributed by atoms with Gasteiger partial charge in [0.25, 0.3) is 0 Å². The number of rotatable bonds is 5. The molecule has 0 unspecified atom stereocenters. The standard InChI is InChI=1S/C6H8O6/c7-3(5(9)10)1-2-4(8)6(11)12/h5,9-10H,1-2H2,(H,11,12). The molecule has 0 saturated carbocycles. The summed E-state index contributed by atoms with van der Waals surface area (Å²) in [7, 11) is 0. The SMILES string of the molecule is O=C(O)C(=O)CCC(=O)C(O)O. The average Bonchev–Trinajstić information content (AvgIpc) is 1.98. The fourth-order valence-corrected chi connectivity index (χ4v) is 0.473. The molecule has 0 bridgehead atoms. The minimum Gasteiger partial charge on any atom is -0.476 e. The summed E-state index contributed by atoms with van der Waals surface area (Å²) in [4.78, 5) is 30.7. The van der Waals surface area contributed by atoms with Gasteiger partial charge in [0.2, 0.25) is 12.1 Å². The summed E-state index contributed by atoms with van der Waals surface area (Å²) >= 11 is 0. The van der Waals surface area contributed by atoms with Gasteiger partial charge in [-0.2, -0.15) is 0 Å². The number of carbonyl (C=O) groups is 3. The van der Waals surface area contributed by atoms with Gasteiger partial charge in [-0.3, -0.25) is 9.59 Å². The van der Waals surface area contributed by atoms with Crippen LogP contribution in [-0.2, 0) is 14.4 Å². The van der Waals surface area contributed by atoms with Crippen LogP contribution in [0.5, 0.6) is 0 Å². The van der Waals surface area contributed by atoms with Gasteiger partial charge in [0.1, 0.15) is 0 Å². The molecule has 0 aliphatic rings. The van der Waals surface area contributed by atoms with E-state index in [9.17, 15) is 14.4 Å². The first-order chi connectivity index (χ1) is 5.45. The van der Waals surface area contributed by atoms with Crippen molar-refractivity contribution in [2.24, 2.45) is 0 Å². The van der Waals surface area contributed by atoms with Crippen molar-refractivity contribution in [1.29, 1.82) is 0 Å². The van der Waals surface area contributed by atoms with Crippen LogP contribution in [0.15, 0.2) is 0 Å². The number of aliphatic carboxylic acids is 1. The first-order valence-corrected chi connectivity index (χ1v) is 3.10. The summed E-state index contributed by atoms with van der Waals surface area (Å²) in [5.41, 5.74) is 0. The van der Waals surface area contributed by atoms with Crippen molar-refractivity contribution in [3.8, 4) is 0 Å². The molecule has 0 aromatic heterocycles. The Morgan fingerprint density at radius 2 is 1.58 bits per heavy atom. The van der Waals surface area contributed by atoms with Crippen LogP contribution in [0.4, 0.5) is 0 Å². The van der Waals surface area contributed by atoms with Crippen molar-refractivity contribution in [1.82, 2.24) is 0 Å². The van der Waals surface area contributed by atoms with E-state index in [1.165, 1.54) is 0 Å². The predicted molar refractivity (Wildman–Crippen MR) is 35.1 cm³/mol. The molecule has 3 N–H and O–H groups in total. The van der Waals surface area contributed by atoms with E-state index in [-0.39, 0.29) is 0 Å². The van der Waals surface area contributed by atoms with Gasteiger partial charge in [-0.25, -0.2) is 4.79 Å². The molecule has 0 saturated heterocycles. The molecule has 0 aromatic rings. The lowest BCUT2D eigenvalue weighted by molar-refractivity contribution is -0.151. The van der Waals surface area contributed by atoms with Gasteiger partial charge in [-0.15, -0.1) is 0 Å². The molecule has 0 amide bonds. The van der Waals surface area contributed by atoms with Crippen molar-refractivity contribution in [2.75, 3.05) is 0 Å². The number of hydrogen-bond acceptors (Lipinski definition) is 5. The van der Waals surface area contributed by atoms with E-state index < -0.39 is 36.7 Å². The maximum Gasteiger partial charge on any atom is 0.372 e. The van der Waals surface area contributed by atoms with Crippen LogP contribution in [0.2, 0.25) is 0 Å². The van der Waals surface area contributed by atoms with Gasteiger partial charge < -0.3 is 15.3 Å². The molecular formula is C6H8O6. The molecule has 6 nitrogen and oxygen atoms in total. The van der Waals surface area contributed by atoms with Crippen LogP contribution >= 0.6 is 0 Å². The monoisotopic (exact) mass is 176 g/mol. The maximum absolute atomic E-state index is 10.4. The lowest BCUT2D eigenvalue weighted by Crippen LogP contribution is -2.21. The Morgan fingerprint density at radius 1 is 1.08 bits per heavy atom. The summed E-state index contributed by atoms with van der Waals surface area (Å²) in [6.45, 7) is 0. The Morgan fingerprint density at radius 3 is 1.92 bits per heavy atom. The molecule has 0 rings (SSSR count). The minimum atomic E-state index is -2.13. The number of carboxylic acids is 1. The maximum atomic E-state index is 10.4. The normalized spacial score (nSPS) is 9.92. The smallest absolute Gasteiger partial charge is 0.372 e. The van der Waals surface area contributed by atoms with E-state index in [0.29, 0.717) is 0 Å². The first kappa shape index (κ1) is 10.7. The summed E-state index contributed by atoms with van der Waals surface area (Å²) in [5.74, 6) is -3.72. The second-order valence-corrected chi connectivity index (χ2v) is 2.07. The zero-order valence-electron chi connectivity index (χ0n) is 6.06. The fourth-order valence-electron chi connectivity index (χ4n) is 0.473. The van der Waals surface area contributed by atoms with Crippen LogP contribution in [0, 0.1) is 0 Å². The van der Waals surface area contributed by atoms with E-state index in [4.69, 9.17) is 15.3 Å². The molecular weight excluding hydrogens is 168 g/mol. The van der Waals surface area contributed by atoms with Crippen molar-refractivity contribution >= 4 is 17.5 Å². The summed E-state index contributed by atoms with van der Waals surface area (Å²) in [6, 6.07) is 0. The highest BCUT2D eigenvalue weighted by Crippen LogP contribution is 1.95. The van der Waals surface area contributed by atoms with Crippen molar-refractivity contribution in [3.05, 3.63) is 0 Å². The number of ketones is 2. The Kier molecular flexibility index (Phi) is 4.09. The molecule has 0 atom stereocenters. The molecule has 0 radical (unpaired) electrons. The van der Waals surface area contributed by atoms with E-state index in [0.717, 1.165) is 0 Å². The van der Waals surface area contributed by atoms with E-state index in [2.05, 4.69) is 0 Å². The lowest BCUT2D eigenvalue weighted by atomic mass is 10.1. The summed E-state index contributed by atoms with van der Waals surface area (Å²) < 4.78 is 0. The number of Topliss-reactive ketones (excluding diaryl/α,β-unsaturated/α-hetero) is 2. The number of carbonyl (C=O) groups excluding carboxylic acids is 2. The quantitative estimate of drug-likeness (QED) is 0.340. The Bertz CT molecular complexity index is 206. The molecule has 6 heteroatoms. The average molecular weight is 176 g/mol. The number of aliphatic hydroxyl groups excluding tert-OH is 1. The van der Waals surface area contributed by atoms with E-state index in [1.54, 1.807) is 0 Å². The molecule has 0 aromatic carbocycles. The van der Waals surface area contributed by atoms with E-state index >= 15 is 0 Å². The fraction of sp³-hybridized carbons (Fsp3) is 0.500. The number of carboxylic acid groups (broad SMARTS) is 1. The third-order valence-corrected chi connectivity index (χ3v) is 1.12. The zero-order valence-corrected chi connectivity index (χ0v) is 6.06.